The average Bonchev–Trinajstić information content (AvgIpc) is 2.09. The van der Waals surface area contributed by atoms with E-state index in [2.05, 4.69) is 11.8 Å². The van der Waals surface area contributed by atoms with Crippen molar-refractivity contribution < 1.29 is 4.79 Å². The van der Waals surface area contributed by atoms with E-state index in [1.807, 2.05) is 19.0 Å². The van der Waals surface area contributed by atoms with Crippen molar-refractivity contribution in [3.63, 3.8) is 0 Å². The summed E-state index contributed by atoms with van der Waals surface area (Å²) in [5.41, 5.74) is 0. The van der Waals surface area contributed by atoms with Gasteiger partial charge >= 0.3 is 0 Å². The van der Waals surface area contributed by atoms with Crippen LogP contribution in [0.25, 0.3) is 0 Å². The minimum atomic E-state index is 0.299. The molecule has 0 bridgehead atoms. The van der Waals surface area contributed by atoms with Crippen LogP contribution >= 0.6 is 0 Å². The van der Waals surface area contributed by atoms with E-state index in [-0.39, 0.29) is 0 Å². The minimum Gasteiger partial charge on any atom is -0.327 e. The van der Waals surface area contributed by atoms with Crippen LogP contribution in [0.3, 0.4) is 0 Å². The highest BCUT2D eigenvalue weighted by atomic mass is 16.2. The van der Waals surface area contributed by atoms with Crippen molar-refractivity contribution in [2.45, 2.75) is 38.8 Å². The molecule has 3 nitrogen and oxygen atoms in total. The largest absolute Gasteiger partial charge is 0.327 e. The summed E-state index contributed by atoms with van der Waals surface area (Å²) in [4.78, 5) is 15.7. The smallest absolute Gasteiger partial charge is 0.223 e. The van der Waals surface area contributed by atoms with Gasteiger partial charge in [-0.15, -0.1) is 0 Å². The zero-order chi connectivity index (χ0) is 9.84. The molecule has 1 atom stereocenters. The molecule has 1 rings (SSSR count). The van der Waals surface area contributed by atoms with Crippen LogP contribution < -0.4 is 0 Å². The number of nitrogens with zero attached hydrogens (tertiary/aromatic N) is 2. The van der Waals surface area contributed by atoms with Gasteiger partial charge in [0.05, 0.1) is 6.17 Å². The molecule has 0 saturated carbocycles. The van der Waals surface area contributed by atoms with Crippen molar-refractivity contribution in [2.75, 3.05) is 20.6 Å². The number of likely N-dealkylation sites (tertiary alicyclic amines) is 1. The van der Waals surface area contributed by atoms with Gasteiger partial charge in [-0.05, 0) is 33.4 Å². The first-order valence-electron chi connectivity index (χ1n) is 5.12. The number of carbonyl (C=O) groups is 1. The van der Waals surface area contributed by atoms with Gasteiger partial charge in [0, 0.05) is 13.0 Å². The summed E-state index contributed by atoms with van der Waals surface area (Å²) in [7, 11) is 4.08. The Morgan fingerprint density at radius 1 is 1.46 bits per heavy atom. The van der Waals surface area contributed by atoms with Crippen molar-refractivity contribution in [1.82, 2.24) is 9.80 Å². The SMILES string of the molecule is CCC(N(C)C)N1CCCCC1=O. The van der Waals surface area contributed by atoms with Gasteiger partial charge in [0.25, 0.3) is 0 Å². The zero-order valence-electron chi connectivity index (χ0n) is 8.92. The van der Waals surface area contributed by atoms with Crippen LogP contribution in [0.15, 0.2) is 0 Å². The topological polar surface area (TPSA) is 23.6 Å². The molecule has 3 heteroatoms. The molecule has 1 aliphatic rings. The number of carbonyl (C=O) groups excluding carboxylic acids is 1. The van der Waals surface area contributed by atoms with Crippen LogP contribution in [0.2, 0.25) is 0 Å². The summed E-state index contributed by atoms with van der Waals surface area (Å²) < 4.78 is 0. The molecule has 1 saturated heterocycles. The van der Waals surface area contributed by atoms with Gasteiger partial charge in [0.1, 0.15) is 0 Å². The summed E-state index contributed by atoms with van der Waals surface area (Å²) in [6.07, 6.45) is 4.28. The first kappa shape index (κ1) is 10.5. The van der Waals surface area contributed by atoms with Gasteiger partial charge in [-0.1, -0.05) is 6.92 Å². The second-order valence-corrected chi connectivity index (χ2v) is 3.90. The number of piperidine rings is 1. The van der Waals surface area contributed by atoms with Gasteiger partial charge < -0.3 is 4.90 Å². The van der Waals surface area contributed by atoms with Gasteiger partial charge in [0.15, 0.2) is 0 Å². The molecule has 0 aromatic carbocycles. The Labute approximate surface area is 80.7 Å². The standard InChI is InChI=1S/C10H20N2O/c1-4-9(11(2)3)12-8-6-5-7-10(12)13/h9H,4-8H2,1-3H3. The normalized spacial score (nSPS) is 20.9. The molecule has 1 unspecified atom stereocenters. The third kappa shape index (κ3) is 2.44. The van der Waals surface area contributed by atoms with Crippen LogP contribution in [0, 0.1) is 0 Å². The lowest BCUT2D eigenvalue weighted by Crippen LogP contribution is -2.49. The maximum absolute atomic E-state index is 11.6. The molecule has 0 aromatic heterocycles. The quantitative estimate of drug-likeness (QED) is 0.660. The van der Waals surface area contributed by atoms with Crippen LogP contribution in [-0.2, 0) is 4.79 Å². The van der Waals surface area contributed by atoms with E-state index < -0.39 is 0 Å². The van der Waals surface area contributed by atoms with Crippen molar-refractivity contribution in [2.24, 2.45) is 0 Å². The fourth-order valence-corrected chi connectivity index (χ4v) is 2.01. The Morgan fingerprint density at radius 2 is 2.15 bits per heavy atom. The number of hydrogen-bond donors (Lipinski definition) is 0. The lowest BCUT2D eigenvalue weighted by Gasteiger charge is -2.37. The monoisotopic (exact) mass is 184 g/mol. The number of hydrogen-bond acceptors (Lipinski definition) is 2. The van der Waals surface area contributed by atoms with E-state index in [1.165, 1.54) is 0 Å². The van der Waals surface area contributed by atoms with Crippen molar-refractivity contribution in [3.8, 4) is 0 Å². The molecule has 0 aliphatic carbocycles. The summed E-state index contributed by atoms with van der Waals surface area (Å²) in [5, 5.41) is 0. The van der Waals surface area contributed by atoms with Crippen LogP contribution in [0.1, 0.15) is 32.6 Å². The van der Waals surface area contributed by atoms with Crippen molar-refractivity contribution >= 4 is 5.91 Å². The summed E-state index contributed by atoms with van der Waals surface area (Å²) in [6.45, 7) is 3.07. The van der Waals surface area contributed by atoms with Crippen LogP contribution in [0.4, 0.5) is 0 Å². The number of rotatable bonds is 3. The van der Waals surface area contributed by atoms with E-state index >= 15 is 0 Å². The Balaban J connectivity index is 2.60. The van der Waals surface area contributed by atoms with E-state index in [9.17, 15) is 4.79 Å². The summed E-state index contributed by atoms with van der Waals surface area (Å²) in [6, 6.07) is 0. The Bertz CT molecular complexity index is 180. The van der Waals surface area contributed by atoms with E-state index in [0.29, 0.717) is 12.1 Å². The Hall–Kier alpha value is -0.570. The van der Waals surface area contributed by atoms with Crippen molar-refractivity contribution in [3.05, 3.63) is 0 Å². The van der Waals surface area contributed by atoms with Gasteiger partial charge in [-0.25, -0.2) is 0 Å². The Morgan fingerprint density at radius 3 is 2.62 bits per heavy atom. The molecular weight excluding hydrogens is 164 g/mol. The molecule has 1 aliphatic heterocycles. The van der Waals surface area contributed by atoms with Crippen LogP contribution in [0.5, 0.6) is 0 Å². The average molecular weight is 184 g/mol. The Kier molecular flexibility index (Phi) is 3.72. The van der Waals surface area contributed by atoms with E-state index in [0.717, 1.165) is 32.2 Å². The minimum absolute atomic E-state index is 0.299. The molecule has 76 valence electrons. The first-order valence-corrected chi connectivity index (χ1v) is 5.12. The second-order valence-electron chi connectivity index (χ2n) is 3.90. The fraction of sp³-hybridized carbons (Fsp3) is 0.900. The van der Waals surface area contributed by atoms with Gasteiger partial charge in [-0.3, -0.25) is 9.69 Å². The van der Waals surface area contributed by atoms with Crippen LogP contribution in [-0.4, -0.2) is 42.5 Å². The molecule has 0 aromatic rings. The predicted octanol–water partition coefficient (Wildman–Crippen LogP) is 1.30. The highest BCUT2D eigenvalue weighted by molar-refractivity contribution is 5.77. The number of amides is 1. The molecule has 1 heterocycles. The lowest BCUT2D eigenvalue weighted by molar-refractivity contribution is -0.139. The second kappa shape index (κ2) is 4.61. The summed E-state index contributed by atoms with van der Waals surface area (Å²) in [5.74, 6) is 0.326. The molecule has 0 radical (unpaired) electrons. The molecule has 1 amide bonds. The zero-order valence-corrected chi connectivity index (χ0v) is 8.92. The first-order chi connectivity index (χ1) is 6.16. The molecule has 0 spiro atoms. The molecule has 1 fully saturated rings. The molecule has 0 N–H and O–H groups in total. The highest BCUT2D eigenvalue weighted by Gasteiger charge is 2.25. The third-order valence-electron chi connectivity index (χ3n) is 2.68. The van der Waals surface area contributed by atoms with Gasteiger partial charge in [0.2, 0.25) is 5.91 Å². The van der Waals surface area contributed by atoms with Crippen molar-refractivity contribution in [1.29, 1.82) is 0 Å². The third-order valence-corrected chi connectivity index (χ3v) is 2.68. The maximum Gasteiger partial charge on any atom is 0.223 e. The lowest BCUT2D eigenvalue weighted by atomic mass is 10.1. The highest BCUT2D eigenvalue weighted by Crippen LogP contribution is 2.16. The van der Waals surface area contributed by atoms with Gasteiger partial charge in [-0.2, -0.15) is 0 Å². The maximum atomic E-state index is 11.6. The molecular formula is C10H20N2O. The molecule has 13 heavy (non-hydrogen) atoms. The fourth-order valence-electron chi connectivity index (χ4n) is 2.01. The van der Waals surface area contributed by atoms with E-state index in [4.69, 9.17) is 0 Å². The van der Waals surface area contributed by atoms with E-state index in [1.54, 1.807) is 0 Å². The predicted molar refractivity (Wildman–Crippen MR) is 53.3 cm³/mol. The summed E-state index contributed by atoms with van der Waals surface area (Å²) >= 11 is 0.